The van der Waals surface area contributed by atoms with E-state index in [4.69, 9.17) is 4.74 Å². The van der Waals surface area contributed by atoms with E-state index in [0.29, 0.717) is 16.4 Å². The molecular formula is C33H28N4O4S2. The highest BCUT2D eigenvalue weighted by Gasteiger charge is 2.16. The van der Waals surface area contributed by atoms with Gasteiger partial charge in [-0.3, -0.25) is 14.4 Å². The number of thioether (sulfide) groups is 1. The number of hydrogen-bond acceptors (Lipinski definition) is 7. The monoisotopic (exact) mass is 608 g/mol. The Morgan fingerprint density at radius 2 is 1.65 bits per heavy atom. The van der Waals surface area contributed by atoms with Gasteiger partial charge in [-0.15, -0.1) is 11.8 Å². The van der Waals surface area contributed by atoms with E-state index in [2.05, 4.69) is 20.9 Å². The summed E-state index contributed by atoms with van der Waals surface area (Å²) in [6.07, 6.45) is 1.66. The van der Waals surface area contributed by atoms with Crippen molar-refractivity contribution in [2.75, 3.05) is 23.5 Å². The molecule has 4 aromatic carbocycles. The molecule has 1 heterocycles. The minimum atomic E-state index is -0.458. The standard InChI is InChI=1S/C33H28N4O4S2/c1-21-8-6-7-11-23(21)18-28(35-31(39)22-9-4-3-5-10-22)32(40)34-24-12-15-26(16-13-24)42-20-30(38)37-33-36-27-17-14-25(41-2)19-29(27)43-33/h3-19H,20H2,1-2H3,(H,34,40)(H,35,39)(H,36,37,38)/b28-18-. The van der Waals surface area contributed by atoms with E-state index < -0.39 is 5.91 Å². The first-order chi connectivity index (χ1) is 20.9. The molecule has 5 aromatic rings. The zero-order chi connectivity index (χ0) is 30.2. The Balaban J connectivity index is 1.21. The lowest BCUT2D eigenvalue weighted by molar-refractivity contribution is -0.114. The molecule has 0 spiro atoms. The fourth-order valence-corrected chi connectivity index (χ4v) is 5.68. The average molecular weight is 609 g/mol. The molecule has 0 saturated carbocycles. The highest BCUT2D eigenvalue weighted by Crippen LogP contribution is 2.29. The summed E-state index contributed by atoms with van der Waals surface area (Å²) in [6, 6.07) is 29.1. The topological polar surface area (TPSA) is 109 Å². The van der Waals surface area contributed by atoms with Crippen molar-refractivity contribution in [1.82, 2.24) is 10.3 Å². The first kappa shape index (κ1) is 29.6. The molecule has 0 saturated heterocycles. The van der Waals surface area contributed by atoms with E-state index in [9.17, 15) is 14.4 Å². The lowest BCUT2D eigenvalue weighted by atomic mass is 10.1. The number of hydrogen-bond donors (Lipinski definition) is 3. The molecule has 0 atom stereocenters. The molecule has 5 rings (SSSR count). The van der Waals surface area contributed by atoms with Gasteiger partial charge in [0.2, 0.25) is 5.91 Å². The van der Waals surface area contributed by atoms with Crippen molar-refractivity contribution in [2.45, 2.75) is 11.8 Å². The summed E-state index contributed by atoms with van der Waals surface area (Å²) in [7, 11) is 1.61. The summed E-state index contributed by atoms with van der Waals surface area (Å²) in [4.78, 5) is 44.0. The van der Waals surface area contributed by atoms with Crippen molar-refractivity contribution in [2.24, 2.45) is 0 Å². The van der Waals surface area contributed by atoms with Gasteiger partial charge in [-0.25, -0.2) is 4.98 Å². The minimum Gasteiger partial charge on any atom is -0.497 e. The maximum absolute atomic E-state index is 13.3. The smallest absolute Gasteiger partial charge is 0.272 e. The Labute approximate surface area is 257 Å². The third kappa shape index (κ3) is 7.88. The van der Waals surface area contributed by atoms with Gasteiger partial charge < -0.3 is 20.7 Å². The summed E-state index contributed by atoms with van der Waals surface area (Å²) < 4.78 is 6.17. The van der Waals surface area contributed by atoms with Gasteiger partial charge in [-0.2, -0.15) is 0 Å². The molecule has 8 nitrogen and oxygen atoms in total. The van der Waals surface area contributed by atoms with Crippen LogP contribution in [0.5, 0.6) is 5.75 Å². The number of carbonyl (C=O) groups excluding carboxylic acids is 3. The third-order valence-electron chi connectivity index (χ3n) is 6.34. The van der Waals surface area contributed by atoms with E-state index in [1.54, 1.807) is 49.6 Å². The predicted octanol–water partition coefficient (Wildman–Crippen LogP) is 6.75. The van der Waals surface area contributed by atoms with Crippen molar-refractivity contribution < 1.29 is 19.1 Å². The van der Waals surface area contributed by atoms with Gasteiger partial charge in [-0.05, 0) is 78.7 Å². The molecule has 10 heteroatoms. The first-order valence-corrected chi connectivity index (χ1v) is 15.1. The van der Waals surface area contributed by atoms with Crippen molar-refractivity contribution in [3.8, 4) is 5.75 Å². The normalized spacial score (nSPS) is 11.2. The van der Waals surface area contributed by atoms with Crippen LogP contribution in [0.2, 0.25) is 0 Å². The molecule has 3 amide bonds. The largest absolute Gasteiger partial charge is 0.497 e. The maximum Gasteiger partial charge on any atom is 0.272 e. The summed E-state index contributed by atoms with van der Waals surface area (Å²) in [5, 5.41) is 8.99. The molecule has 1 aromatic heterocycles. The van der Waals surface area contributed by atoms with Crippen LogP contribution in [-0.2, 0) is 9.59 Å². The molecule has 0 aliphatic carbocycles. The van der Waals surface area contributed by atoms with E-state index in [1.807, 2.05) is 67.6 Å². The van der Waals surface area contributed by atoms with Gasteiger partial charge in [0.25, 0.3) is 11.8 Å². The van der Waals surface area contributed by atoms with Crippen LogP contribution in [0.4, 0.5) is 10.8 Å². The Hall–Kier alpha value is -4.93. The Morgan fingerprint density at radius 3 is 2.40 bits per heavy atom. The number of nitrogens with one attached hydrogen (secondary N) is 3. The first-order valence-electron chi connectivity index (χ1n) is 13.3. The molecule has 0 aliphatic heterocycles. The molecule has 0 unspecified atom stereocenters. The van der Waals surface area contributed by atoms with Crippen LogP contribution in [0.25, 0.3) is 16.3 Å². The van der Waals surface area contributed by atoms with Crippen LogP contribution >= 0.6 is 23.1 Å². The SMILES string of the molecule is COc1ccc2nc(NC(=O)CSc3ccc(NC(=O)/C(=C/c4ccccc4C)NC(=O)c4ccccc4)cc3)sc2c1. The number of benzene rings is 4. The number of amides is 3. The number of ether oxygens (including phenoxy) is 1. The van der Waals surface area contributed by atoms with Crippen LogP contribution < -0.4 is 20.7 Å². The van der Waals surface area contributed by atoms with Crippen LogP contribution in [0.15, 0.2) is 108 Å². The Kier molecular flexibility index (Phi) is 9.50. The zero-order valence-electron chi connectivity index (χ0n) is 23.4. The number of methoxy groups -OCH3 is 1. The number of carbonyl (C=O) groups is 3. The van der Waals surface area contributed by atoms with Crippen molar-refractivity contribution in [1.29, 1.82) is 0 Å². The zero-order valence-corrected chi connectivity index (χ0v) is 25.1. The number of fused-ring (bicyclic) bond motifs is 1. The highest BCUT2D eigenvalue weighted by atomic mass is 32.2. The van der Waals surface area contributed by atoms with Gasteiger partial charge >= 0.3 is 0 Å². The van der Waals surface area contributed by atoms with Gasteiger partial charge in [-0.1, -0.05) is 53.8 Å². The fraction of sp³-hybridized carbons (Fsp3) is 0.0909. The van der Waals surface area contributed by atoms with Crippen molar-refractivity contribution in [3.63, 3.8) is 0 Å². The lowest BCUT2D eigenvalue weighted by Gasteiger charge is -2.12. The number of aromatic nitrogens is 1. The lowest BCUT2D eigenvalue weighted by Crippen LogP contribution is -2.30. The maximum atomic E-state index is 13.3. The molecule has 43 heavy (non-hydrogen) atoms. The molecule has 3 N–H and O–H groups in total. The minimum absolute atomic E-state index is 0.117. The predicted molar refractivity (Wildman–Crippen MR) is 174 cm³/mol. The van der Waals surface area contributed by atoms with E-state index in [0.717, 1.165) is 32.0 Å². The Bertz CT molecular complexity index is 1800. The van der Waals surface area contributed by atoms with Gasteiger partial charge in [0.05, 0.1) is 23.1 Å². The van der Waals surface area contributed by atoms with E-state index >= 15 is 0 Å². The van der Waals surface area contributed by atoms with Crippen LogP contribution in [0.3, 0.4) is 0 Å². The number of anilines is 2. The van der Waals surface area contributed by atoms with Crippen LogP contribution in [-0.4, -0.2) is 35.6 Å². The quantitative estimate of drug-likeness (QED) is 0.120. The fourth-order valence-electron chi connectivity index (χ4n) is 4.07. The second-order valence-corrected chi connectivity index (χ2v) is 11.5. The van der Waals surface area contributed by atoms with E-state index in [1.165, 1.54) is 23.1 Å². The van der Waals surface area contributed by atoms with Crippen LogP contribution in [0, 0.1) is 6.92 Å². The van der Waals surface area contributed by atoms with E-state index in [-0.39, 0.29) is 23.3 Å². The Morgan fingerprint density at radius 1 is 0.907 bits per heavy atom. The van der Waals surface area contributed by atoms with Crippen molar-refractivity contribution >= 4 is 67.9 Å². The summed E-state index contributed by atoms with van der Waals surface area (Å²) in [5.74, 6) is -0.0834. The van der Waals surface area contributed by atoms with Gasteiger partial charge in [0, 0.05) is 16.1 Å². The van der Waals surface area contributed by atoms with Gasteiger partial charge in [0.1, 0.15) is 11.4 Å². The number of rotatable bonds is 10. The summed E-state index contributed by atoms with van der Waals surface area (Å²) in [5.41, 5.74) is 3.69. The molecule has 0 fully saturated rings. The number of aryl methyl sites for hydroxylation is 1. The molecular weight excluding hydrogens is 581 g/mol. The number of thiazole rings is 1. The van der Waals surface area contributed by atoms with Crippen molar-refractivity contribution in [3.05, 3.63) is 119 Å². The summed E-state index contributed by atoms with van der Waals surface area (Å²) in [6.45, 7) is 1.94. The molecule has 0 bridgehead atoms. The highest BCUT2D eigenvalue weighted by molar-refractivity contribution is 8.00. The third-order valence-corrected chi connectivity index (χ3v) is 8.29. The molecule has 216 valence electrons. The van der Waals surface area contributed by atoms with Crippen LogP contribution in [0.1, 0.15) is 21.5 Å². The average Bonchev–Trinajstić information content (AvgIpc) is 3.43. The molecule has 0 aliphatic rings. The summed E-state index contributed by atoms with van der Waals surface area (Å²) >= 11 is 2.75. The number of nitrogens with zero attached hydrogens (tertiary/aromatic N) is 1. The molecule has 0 radical (unpaired) electrons. The second kappa shape index (κ2) is 13.8. The second-order valence-electron chi connectivity index (χ2n) is 9.40. The van der Waals surface area contributed by atoms with Gasteiger partial charge in [0.15, 0.2) is 5.13 Å².